The van der Waals surface area contributed by atoms with Crippen LogP contribution in [0.25, 0.3) is 11.3 Å². The summed E-state index contributed by atoms with van der Waals surface area (Å²) in [4.78, 5) is 12.3. The molecule has 0 aliphatic rings. The number of nitrogens with zero attached hydrogens (tertiary/aromatic N) is 2. The van der Waals surface area contributed by atoms with Crippen LogP contribution in [-0.2, 0) is 4.79 Å². The van der Waals surface area contributed by atoms with Gasteiger partial charge in [-0.15, -0.1) is 5.10 Å². The summed E-state index contributed by atoms with van der Waals surface area (Å²) in [5.74, 6) is 0.413. The maximum absolute atomic E-state index is 12.3. The van der Waals surface area contributed by atoms with Crippen molar-refractivity contribution in [3.63, 3.8) is 0 Å². The zero-order chi connectivity index (χ0) is 17.8. The fourth-order valence-corrected chi connectivity index (χ4v) is 2.94. The number of benzene rings is 2. The smallest absolute Gasteiger partial charge is 0.265 e. The van der Waals surface area contributed by atoms with Gasteiger partial charge < -0.3 is 10.1 Å². The van der Waals surface area contributed by atoms with Crippen LogP contribution in [0.15, 0.2) is 47.8 Å². The molecule has 0 aliphatic carbocycles. The van der Waals surface area contributed by atoms with E-state index in [1.165, 1.54) is 11.5 Å². The SMILES string of the molecule is Cc1cc(Cl)ccc1OC(C)C(=O)Nc1ccc(-c2csnn2)cc1. The average Bonchev–Trinajstić information content (AvgIpc) is 3.12. The van der Waals surface area contributed by atoms with Gasteiger partial charge in [0.1, 0.15) is 11.4 Å². The number of hydrogen-bond acceptors (Lipinski definition) is 5. The maximum atomic E-state index is 12.3. The number of anilines is 1. The molecule has 0 aliphatic heterocycles. The third-order valence-corrected chi connectivity index (χ3v) is 4.36. The minimum absolute atomic E-state index is 0.225. The van der Waals surface area contributed by atoms with E-state index in [-0.39, 0.29) is 5.91 Å². The number of carbonyl (C=O) groups excluding carboxylic acids is 1. The molecule has 3 rings (SSSR count). The number of carbonyl (C=O) groups is 1. The van der Waals surface area contributed by atoms with Crippen molar-refractivity contribution < 1.29 is 9.53 Å². The van der Waals surface area contributed by atoms with Crippen LogP contribution in [0, 0.1) is 6.92 Å². The van der Waals surface area contributed by atoms with Gasteiger partial charge in [-0.05, 0) is 61.3 Å². The van der Waals surface area contributed by atoms with E-state index in [0.29, 0.717) is 16.5 Å². The molecular weight excluding hydrogens is 358 g/mol. The summed E-state index contributed by atoms with van der Waals surface area (Å²) < 4.78 is 9.57. The molecule has 0 bridgehead atoms. The number of aromatic nitrogens is 2. The second-order valence-electron chi connectivity index (χ2n) is 5.53. The van der Waals surface area contributed by atoms with Crippen molar-refractivity contribution in [1.29, 1.82) is 0 Å². The van der Waals surface area contributed by atoms with Crippen molar-refractivity contribution in [3.05, 3.63) is 58.4 Å². The average molecular weight is 374 g/mol. The Labute approximate surface area is 154 Å². The van der Waals surface area contributed by atoms with Crippen molar-refractivity contribution >= 4 is 34.7 Å². The van der Waals surface area contributed by atoms with Gasteiger partial charge >= 0.3 is 0 Å². The summed E-state index contributed by atoms with van der Waals surface area (Å²) >= 11 is 7.23. The first-order chi connectivity index (χ1) is 12.0. The van der Waals surface area contributed by atoms with Crippen LogP contribution in [0.3, 0.4) is 0 Å². The van der Waals surface area contributed by atoms with Gasteiger partial charge in [-0.25, -0.2) is 0 Å². The molecule has 128 valence electrons. The molecule has 1 heterocycles. The summed E-state index contributed by atoms with van der Waals surface area (Å²) in [7, 11) is 0. The first-order valence-electron chi connectivity index (χ1n) is 7.64. The number of aryl methyl sites for hydroxylation is 1. The van der Waals surface area contributed by atoms with E-state index in [0.717, 1.165) is 16.8 Å². The van der Waals surface area contributed by atoms with Gasteiger partial charge in [-0.3, -0.25) is 4.79 Å². The highest BCUT2D eigenvalue weighted by molar-refractivity contribution is 7.03. The highest BCUT2D eigenvalue weighted by Gasteiger charge is 2.16. The molecule has 5 nitrogen and oxygen atoms in total. The molecule has 1 N–H and O–H groups in total. The van der Waals surface area contributed by atoms with Crippen molar-refractivity contribution in [1.82, 2.24) is 9.59 Å². The first kappa shape index (κ1) is 17.4. The fraction of sp³-hybridized carbons (Fsp3) is 0.167. The molecule has 2 aromatic carbocycles. The van der Waals surface area contributed by atoms with Crippen molar-refractivity contribution in [2.75, 3.05) is 5.32 Å². The van der Waals surface area contributed by atoms with E-state index in [1.807, 2.05) is 36.6 Å². The predicted molar refractivity (Wildman–Crippen MR) is 100 cm³/mol. The van der Waals surface area contributed by atoms with Crippen LogP contribution >= 0.6 is 23.1 Å². The van der Waals surface area contributed by atoms with Crippen LogP contribution in [0.1, 0.15) is 12.5 Å². The van der Waals surface area contributed by atoms with Gasteiger partial charge in [0, 0.05) is 21.7 Å². The van der Waals surface area contributed by atoms with E-state index < -0.39 is 6.10 Å². The third kappa shape index (κ3) is 4.35. The summed E-state index contributed by atoms with van der Waals surface area (Å²) in [6.45, 7) is 3.59. The number of rotatable bonds is 5. The predicted octanol–water partition coefficient (Wildman–Crippen LogP) is 4.57. The Morgan fingerprint density at radius 1 is 1.24 bits per heavy atom. The van der Waals surface area contributed by atoms with E-state index in [4.69, 9.17) is 16.3 Å². The van der Waals surface area contributed by atoms with E-state index >= 15 is 0 Å². The molecule has 0 radical (unpaired) electrons. The minimum Gasteiger partial charge on any atom is -0.481 e. The molecule has 0 spiro atoms. The number of hydrogen-bond donors (Lipinski definition) is 1. The summed E-state index contributed by atoms with van der Waals surface area (Å²) in [6, 6.07) is 12.7. The molecule has 7 heteroatoms. The van der Waals surface area contributed by atoms with Crippen molar-refractivity contribution in [3.8, 4) is 17.0 Å². The van der Waals surface area contributed by atoms with Gasteiger partial charge in [0.15, 0.2) is 6.10 Å². The Hall–Kier alpha value is -2.44. The molecule has 0 saturated carbocycles. The summed E-state index contributed by atoms with van der Waals surface area (Å²) in [6.07, 6.45) is -0.637. The largest absolute Gasteiger partial charge is 0.481 e. The highest BCUT2D eigenvalue weighted by Crippen LogP contribution is 2.23. The first-order valence-corrected chi connectivity index (χ1v) is 8.85. The highest BCUT2D eigenvalue weighted by atomic mass is 35.5. The Kier molecular flexibility index (Phi) is 5.31. The molecule has 1 unspecified atom stereocenters. The number of nitrogens with one attached hydrogen (secondary N) is 1. The zero-order valence-electron chi connectivity index (χ0n) is 13.7. The van der Waals surface area contributed by atoms with Gasteiger partial charge in [-0.2, -0.15) is 0 Å². The van der Waals surface area contributed by atoms with Crippen molar-refractivity contribution in [2.45, 2.75) is 20.0 Å². The van der Waals surface area contributed by atoms with Gasteiger partial charge in [0.05, 0.1) is 0 Å². The Morgan fingerprint density at radius 3 is 2.64 bits per heavy atom. The molecule has 3 aromatic rings. The second kappa shape index (κ2) is 7.63. The van der Waals surface area contributed by atoms with Gasteiger partial charge in [-0.1, -0.05) is 28.2 Å². The van der Waals surface area contributed by atoms with Crippen LogP contribution in [0.2, 0.25) is 5.02 Å². The number of ether oxygens (including phenoxy) is 1. The molecule has 0 fully saturated rings. The third-order valence-electron chi connectivity index (χ3n) is 3.62. The lowest BCUT2D eigenvalue weighted by Crippen LogP contribution is -2.30. The normalized spacial score (nSPS) is 11.8. The van der Waals surface area contributed by atoms with Crippen LogP contribution in [-0.4, -0.2) is 21.6 Å². The van der Waals surface area contributed by atoms with Crippen LogP contribution < -0.4 is 10.1 Å². The van der Waals surface area contributed by atoms with E-state index in [1.54, 1.807) is 25.1 Å². The second-order valence-corrected chi connectivity index (χ2v) is 6.57. The van der Waals surface area contributed by atoms with Gasteiger partial charge in [0.25, 0.3) is 5.91 Å². The Balaban J connectivity index is 1.63. The topological polar surface area (TPSA) is 64.1 Å². The number of amides is 1. The summed E-state index contributed by atoms with van der Waals surface area (Å²) in [5, 5.41) is 9.37. The molecule has 1 aromatic heterocycles. The lowest BCUT2D eigenvalue weighted by Gasteiger charge is -2.16. The zero-order valence-corrected chi connectivity index (χ0v) is 15.3. The lowest BCUT2D eigenvalue weighted by molar-refractivity contribution is -0.122. The Morgan fingerprint density at radius 2 is 2.00 bits per heavy atom. The Bertz CT molecular complexity index is 867. The van der Waals surface area contributed by atoms with E-state index in [9.17, 15) is 4.79 Å². The monoisotopic (exact) mass is 373 g/mol. The number of halogens is 1. The quantitative estimate of drug-likeness (QED) is 0.711. The van der Waals surface area contributed by atoms with Crippen LogP contribution in [0.4, 0.5) is 5.69 Å². The molecule has 25 heavy (non-hydrogen) atoms. The fourth-order valence-electron chi connectivity index (χ4n) is 2.25. The maximum Gasteiger partial charge on any atom is 0.265 e. The minimum atomic E-state index is -0.637. The standard InChI is InChI=1S/C18H16ClN3O2S/c1-11-9-14(19)5-8-17(11)24-12(2)18(23)20-15-6-3-13(4-7-15)16-10-25-22-21-16/h3-10,12H,1-2H3,(H,20,23). The van der Waals surface area contributed by atoms with Crippen molar-refractivity contribution in [2.24, 2.45) is 0 Å². The molecule has 0 saturated heterocycles. The molecule has 1 amide bonds. The van der Waals surface area contributed by atoms with Crippen LogP contribution in [0.5, 0.6) is 5.75 Å². The lowest BCUT2D eigenvalue weighted by atomic mass is 10.1. The van der Waals surface area contributed by atoms with E-state index in [2.05, 4.69) is 14.9 Å². The summed E-state index contributed by atoms with van der Waals surface area (Å²) in [5.41, 5.74) is 3.35. The molecular formula is C18H16ClN3O2S. The van der Waals surface area contributed by atoms with Gasteiger partial charge in [0.2, 0.25) is 0 Å². The molecule has 1 atom stereocenters.